The summed E-state index contributed by atoms with van der Waals surface area (Å²) in [6.45, 7) is 2.05. The SMILES string of the molecule is Cc1ccc2c(n1)=CC1CC1C=2. The van der Waals surface area contributed by atoms with E-state index in [4.69, 9.17) is 0 Å². The van der Waals surface area contributed by atoms with E-state index in [2.05, 4.69) is 29.3 Å². The van der Waals surface area contributed by atoms with Crippen molar-refractivity contribution in [2.45, 2.75) is 13.3 Å². The first-order valence-electron chi connectivity index (χ1n) is 4.50. The highest BCUT2D eigenvalue weighted by Crippen LogP contribution is 2.41. The molecule has 1 aromatic rings. The van der Waals surface area contributed by atoms with Crippen LogP contribution in [0.25, 0.3) is 12.2 Å². The number of pyridine rings is 1. The van der Waals surface area contributed by atoms with Crippen LogP contribution in [0.2, 0.25) is 0 Å². The van der Waals surface area contributed by atoms with Gasteiger partial charge < -0.3 is 0 Å². The molecule has 2 aliphatic carbocycles. The van der Waals surface area contributed by atoms with Gasteiger partial charge in [0.1, 0.15) is 0 Å². The van der Waals surface area contributed by atoms with Crippen LogP contribution in [0.3, 0.4) is 0 Å². The van der Waals surface area contributed by atoms with Gasteiger partial charge in [-0.2, -0.15) is 0 Å². The van der Waals surface area contributed by atoms with Crippen LogP contribution in [0.15, 0.2) is 12.1 Å². The Morgan fingerprint density at radius 1 is 1.25 bits per heavy atom. The lowest BCUT2D eigenvalue weighted by molar-refractivity contribution is 1.02. The van der Waals surface area contributed by atoms with Crippen molar-refractivity contribution in [1.29, 1.82) is 0 Å². The maximum Gasteiger partial charge on any atom is 0.0665 e. The molecule has 1 heteroatoms. The minimum Gasteiger partial charge on any atom is -0.253 e. The highest BCUT2D eigenvalue weighted by atomic mass is 14.7. The number of rotatable bonds is 0. The molecule has 1 nitrogen and oxygen atoms in total. The molecular weight excluding hydrogens is 146 g/mol. The Bertz CT molecular complexity index is 445. The molecule has 0 bridgehead atoms. The lowest BCUT2D eigenvalue weighted by Crippen LogP contribution is -2.30. The number of hydrogen-bond donors (Lipinski definition) is 0. The largest absolute Gasteiger partial charge is 0.253 e. The molecular formula is C11H11N. The fourth-order valence-corrected chi connectivity index (χ4v) is 1.91. The van der Waals surface area contributed by atoms with Crippen molar-refractivity contribution in [3.05, 3.63) is 28.4 Å². The van der Waals surface area contributed by atoms with Crippen LogP contribution in [0.4, 0.5) is 0 Å². The van der Waals surface area contributed by atoms with E-state index < -0.39 is 0 Å². The zero-order chi connectivity index (χ0) is 8.13. The van der Waals surface area contributed by atoms with Crippen LogP contribution in [0.1, 0.15) is 12.1 Å². The Morgan fingerprint density at radius 3 is 3.00 bits per heavy atom. The molecule has 2 unspecified atom stereocenters. The Balaban J connectivity index is 2.37. The molecule has 0 N–H and O–H groups in total. The Kier molecular flexibility index (Phi) is 1.06. The van der Waals surface area contributed by atoms with Crippen molar-refractivity contribution >= 4 is 12.2 Å². The van der Waals surface area contributed by atoms with Gasteiger partial charge in [0.25, 0.3) is 0 Å². The molecule has 0 aromatic carbocycles. The number of nitrogens with zero attached hydrogens (tertiary/aromatic N) is 1. The Labute approximate surface area is 71.4 Å². The molecule has 1 fully saturated rings. The lowest BCUT2D eigenvalue weighted by atomic mass is 10.1. The summed E-state index contributed by atoms with van der Waals surface area (Å²) in [6, 6.07) is 4.27. The van der Waals surface area contributed by atoms with Crippen molar-refractivity contribution in [1.82, 2.24) is 4.98 Å². The molecule has 1 heterocycles. The number of aryl methyl sites for hydroxylation is 1. The summed E-state index contributed by atoms with van der Waals surface area (Å²) >= 11 is 0. The third-order valence-corrected chi connectivity index (χ3v) is 2.75. The summed E-state index contributed by atoms with van der Waals surface area (Å²) in [5.41, 5.74) is 1.12. The zero-order valence-corrected chi connectivity index (χ0v) is 7.12. The second kappa shape index (κ2) is 1.98. The van der Waals surface area contributed by atoms with Gasteiger partial charge in [0, 0.05) is 5.69 Å². The molecule has 3 rings (SSSR count). The van der Waals surface area contributed by atoms with Gasteiger partial charge in [0.15, 0.2) is 0 Å². The average molecular weight is 157 g/mol. The fourth-order valence-electron chi connectivity index (χ4n) is 1.91. The van der Waals surface area contributed by atoms with E-state index in [-0.39, 0.29) is 0 Å². The third-order valence-electron chi connectivity index (χ3n) is 2.75. The molecule has 0 saturated heterocycles. The van der Waals surface area contributed by atoms with Gasteiger partial charge in [0.2, 0.25) is 0 Å². The van der Waals surface area contributed by atoms with E-state index in [1.54, 1.807) is 0 Å². The van der Waals surface area contributed by atoms with Crippen LogP contribution >= 0.6 is 0 Å². The van der Waals surface area contributed by atoms with E-state index in [0.29, 0.717) is 0 Å². The average Bonchev–Trinajstić information content (AvgIpc) is 2.77. The highest BCUT2D eigenvalue weighted by molar-refractivity contribution is 5.47. The summed E-state index contributed by atoms with van der Waals surface area (Å²) in [6.07, 6.45) is 6.04. The molecule has 2 aliphatic rings. The normalized spacial score (nSPS) is 29.4. The fraction of sp³-hybridized carbons (Fsp3) is 0.364. The van der Waals surface area contributed by atoms with Gasteiger partial charge >= 0.3 is 0 Å². The van der Waals surface area contributed by atoms with Crippen molar-refractivity contribution in [3.63, 3.8) is 0 Å². The van der Waals surface area contributed by atoms with Crippen LogP contribution in [-0.2, 0) is 0 Å². The number of fused-ring (bicyclic) bond motifs is 2. The van der Waals surface area contributed by atoms with Gasteiger partial charge in [-0.3, -0.25) is 4.98 Å². The first kappa shape index (κ1) is 6.41. The molecule has 0 aliphatic heterocycles. The van der Waals surface area contributed by atoms with Gasteiger partial charge in [-0.05, 0) is 36.5 Å². The molecule has 2 atom stereocenters. The lowest BCUT2D eigenvalue weighted by Gasteiger charge is -1.98. The molecule has 12 heavy (non-hydrogen) atoms. The Morgan fingerprint density at radius 2 is 2.08 bits per heavy atom. The maximum absolute atomic E-state index is 4.50. The maximum atomic E-state index is 4.50. The van der Waals surface area contributed by atoms with Crippen LogP contribution in [0.5, 0.6) is 0 Å². The highest BCUT2D eigenvalue weighted by Gasteiger charge is 2.34. The van der Waals surface area contributed by atoms with Gasteiger partial charge in [-0.1, -0.05) is 18.2 Å². The van der Waals surface area contributed by atoms with E-state index in [1.165, 1.54) is 17.0 Å². The number of hydrogen-bond acceptors (Lipinski definition) is 1. The monoisotopic (exact) mass is 157 g/mol. The molecule has 0 amide bonds. The Hall–Kier alpha value is -1.11. The van der Waals surface area contributed by atoms with Gasteiger partial charge in [0.05, 0.1) is 5.35 Å². The van der Waals surface area contributed by atoms with Crippen LogP contribution < -0.4 is 10.6 Å². The summed E-state index contributed by atoms with van der Waals surface area (Å²) < 4.78 is 0. The topological polar surface area (TPSA) is 12.9 Å². The molecule has 1 aromatic heterocycles. The summed E-state index contributed by atoms with van der Waals surface area (Å²) in [5.74, 6) is 1.65. The smallest absolute Gasteiger partial charge is 0.0665 e. The predicted octanol–water partition coefficient (Wildman–Crippen LogP) is 0.601. The summed E-state index contributed by atoms with van der Waals surface area (Å²) in [4.78, 5) is 4.50. The molecule has 1 saturated carbocycles. The quantitative estimate of drug-likeness (QED) is 0.537. The first-order chi connectivity index (χ1) is 5.83. The number of aromatic nitrogens is 1. The van der Waals surface area contributed by atoms with Crippen molar-refractivity contribution in [2.75, 3.05) is 0 Å². The van der Waals surface area contributed by atoms with Gasteiger partial charge in [-0.25, -0.2) is 0 Å². The summed E-state index contributed by atoms with van der Waals surface area (Å²) in [7, 11) is 0. The van der Waals surface area contributed by atoms with Crippen molar-refractivity contribution in [3.8, 4) is 0 Å². The van der Waals surface area contributed by atoms with E-state index >= 15 is 0 Å². The summed E-state index contributed by atoms with van der Waals surface area (Å²) in [5, 5.41) is 2.54. The van der Waals surface area contributed by atoms with E-state index in [0.717, 1.165) is 17.5 Å². The van der Waals surface area contributed by atoms with Crippen molar-refractivity contribution < 1.29 is 0 Å². The minimum absolute atomic E-state index is 0.812. The molecule has 60 valence electrons. The second-order valence-corrected chi connectivity index (χ2v) is 3.82. The molecule has 0 spiro atoms. The van der Waals surface area contributed by atoms with Crippen LogP contribution in [0, 0.1) is 18.8 Å². The zero-order valence-electron chi connectivity index (χ0n) is 7.12. The minimum atomic E-state index is 0.812. The predicted molar refractivity (Wildman–Crippen MR) is 48.8 cm³/mol. The van der Waals surface area contributed by atoms with E-state index in [9.17, 15) is 0 Å². The standard InChI is InChI=1S/C11H11N/c1-7-2-3-8-4-9-5-10(9)6-11(8)12-7/h2-4,6,9-10H,5H2,1H3. The third kappa shape index (κ3) is 0.826. The first-order valence-corrected chi connectivity index (χ1v) is 4.50. The van der Waals surface area contributed by atoms with E-state index in [1.807, 2.05) is 6.92 Å². The second-order valence-electron chi connectivity index (χ2n) is 3.82. The van der Waals surface area contributed by atoms with Crippen LogP contribution in [-0.4, -0.2) is 4.98 Å². The molecule has 0 radical (unpaired) electrons. The van der Waals surface area contributed by atoms with Gasteiger partial charge in [-0.15, -0.1) is 0 Å². The van der Waals surface area contributed by atoms with Crippen molar-refractivity contribution in [2.24, 2.45) is 11.8 Å².